The largest absolute Gasteiger partial charge is 0.351 e. The number of nitrogens with one attached hydrogen (secondary N) is 1. The molecule has 1 amide bonds. The predicted octanol–water partition coefficient (Wildman–Crippen LogP) is 2.50. The van der Waals surface area contributed by atoms with E-state index in [0.29, 0.717) is 23.3 Å². The molecule has 1 rings (SSSR count). The third kappa shape index (κ3) is 5.17. The summed E-state index contributed by atoms with van der Waals surface area (Å²) in [5, 5.41) is 3.25. The highest BCUT2D eigenvalue weighted by Gasteiger charge is 2.09. The minimum absolute atomic E-state index is 0.107. The Morgan fingerprint density at radius 3 is 2.79 bits per heavy atom. The molecule has 0 fully saturated rings. The van der Waals surface area contributed by atoms with Gasteiger partial charge < -0.3 is 10.2 Å². The maximum absolute atomic E-state index is 12.0. The molecule has 0 aromatic carbocycles. The van der Waals surface area contributed by atoms with Crippen LogP contribution in [0.15, 0.2) is 12.1 Å². The fourth-order valence-corrected chi connectivity index (χ4v) is 1.99. The van der Waals surface area contributed by atoms with Crippen molar-refractivity contribution >= 4 is 17.5 Å². The Balaban J connectivity index is 2.47. The Morgan fingerprint density at radius 1 is 1.53 bits per heavy atom. The lowest BCUT2D eigenvalue weighted by molar-refractivity contribution is 0.0947. The molecule has 106 valence electrons. The molecule has 0 aliphatic heterocycles. The van der Waals surface area contributed by atoms with E-state index in [1.54, 1.807) is 12.1 Å². The third-order valence-corrected chi connectivity index (χ3v) is 3.47. The molecule has 19 heavy (non-hydrogen) atoms. The van der Waals surface area contributed by atoms with E-state index < -0.39 is 0 Å². The number of hydrogen-bond acceptors (Lipinski definition) is 3. The van der Waals surface area contributed by atoms with Crippen LogP contribution in [-0.2, 0) is 0 Å². The predicted molar refractivity (Wildman–Crippen MR) is 78.7 cm³/mol. The molecule has 1 atom stereocenters. The molecule has 0 spiro atoms. The van der Waals surface area contributed by atoms with Crippen molar-refractivity contribution in [2.75, 3.05) is 20.1 Å². The number of rotatable bonds is 6. The number of likely N-dealkylation sites (N-methyl/N-ethyl adjacent to an activating group) is 1. The molecule has 1 N–H and O–H groups in total. The SMILES string of the molecule is CCC(C)N(C)CCNC(=O)c1cc(C)nc(Cl)c1. The standard InChI is InChI=1S/C14H22ClN3O/c1-5-11(3)18(4)7-6-16-14(19)12-8-10(2)17-13(15)9-12/h8-9,11H,5-7H2,1-4H3,(H,16,19). The van der Waals surface area contributed by atoms with Gasteiger partial charge in [-0.1, -0.05) is 18.5 Å². The molecule has 1 unspecified atom stereocenters. The average Bonchev–Trinajstić information content (AvgIpc) is 2.36. The summed E-state index contributed by atoms with van der Waals surface area (Å²) >= 11 is 5.84. The normalized spacial score (nSPS) is 12.5. The van der Waals surface area contributed by atoms with Crippen molar-refractivity contribution in [3.63, 3.8) is 0 Å². The van der Waals surface area contributed by atoms with Gasteiger partial charge in [-0.15, -0.1) is 0 Å². The van der Waals surface area contributed by atoms with E-state index in [1.165, 1.54) is 0 Å². The summed E-state index contributed by atoms with van der Waals surface area (Å²) in [5.41, 5.74) is 1.30. The van der Waals surface area contributed by atoms with Gasteiger partial charge in [0.1, 0.15) is 5.15 Å². The molecule has 0 radical (unpaired) electrons. The van der Waals surface area contributed by atoms with E-state index in [-0.39, 0.29) is 5.91 Å². The van der Waals surface area contributed by atoms with Gasteiger partial charge in [-0.3, -0.25) is 4.79 Å². The van der Waals surface area contributed by atoms with Crippen LogP contribution in [0.25, 0.3) is 0 Å². The van der Waals surface area contributed by atoms with Crippen LogP contribution in [0.5, 0.6) is 0 Å². The first-order valence-electron chi connectivity index (χ1n) is 6.56. The Kier molecular flexibility index (Phi) is 6.25. The quantitative estimate of drug-likeness (QED) is 0.816. The number of amides is 1. The van der Waals surface area contributed by atoms with E-state index in [4.69, 9.17) is 11.6 Å². The number of pyridine rings is 1. The summed E-state index contributed by atoms with van der Waals surface area (Å²) in [5.74, 6) is -0.107. The van der Waals surface area contributed by atoms with Crippen molar-refractivity contribution in [1.29, 1.82) is 0 Å². The zero-order valence-electron chi connectivity index (χ0n) is 12.0. The number of nitrogens with zero attached hydrogens (tertiary/aromatic N) is 2. The van der Waals surface area contributed by atoms with E-state index in [1.807, 2.05) is 6.92 Å². The maximum atomic E-state index is 12.0. The zero-order chi connectivity index (χ0) is 14.4. The first-order chi connectivity index (χ1) is 8.93. The highest BCUT2D eigenvalue weighted by atomic mass is 35.5. The van der Waals surface area contributed by atoms with E-state index >= 15 is 0 Å². The zero-order valence-corrected chi connectivity index (χ0v) is 12.8. The highest BCUT2D eigenvalue weighted by molar-refractivity contribution is 6.29. The molecule has 0 bridgehead atoms. The lowest BCUT2D eigenvalue weighted by Crippen LogP contribution is -2.37. The summed E-state index contributed by atoms with van der Waals surface area (Å²) in [6.45, 7) is 7.60. The van der Waals surface area contributed by atoms with Crippen LogP contribution in [-0.4, -0.2) is 42.0 Å². The van der Waals surface area contributed by atoms with Crippen LogP contribution >= 0.6 is 11.6 Å². The molecule has 1 aromatic heterocycles. The number of carbonyl (C=O) groups is 1. The van der Waals surface area contributed by atoms with Crippen molar-refractivity contribution in [3.8, 4) is 0 Å². The Labute approximate surface area is 120 Å². The topological polar surface area (TPSA) is 45.2 Å². The van der Waals surface area contributed by atoms with Crippen molar-refractivity contribution in [3.05, 3.63) is 28.5 Å². The van der Waals surface area contributed by atoms with Gasteiger partial charge in [0.05, 0.1) is 0 Å². The summed E-state index contributed by atoms with van der Waals surface area (Å²) in [7, 11) is 2.06. The summed E-state index contributed by atoms with van der Waals surface area (Å²) in [4.78, 5) is 18.2. The molecular weight excluding hydrogens is 262 g/mol. The summed E-state index contributed by atoms with van der Waals surface area (Å²) in [6.07, 6.45) is 1.10. The van der Waals surface area contributed by atoms with Crippen LogP contribution in [0.2, 0.25) is 5.15 Å². The Morgan fingerprint density at radius 2 is 2.21 bits per heavy atom. The van der Waals surface area contributed by atoms with Gasteiger partial charge in [-0.25, -0.2) is 4.98 Å². The van der Waals surface area contributed by atoms with Gasteiger partial charge >= 0.3 is 0 Å². The van der Waals surface area contributed by atoms with Crippen LogP contribution in [0.4, 0.5) is 0 Å². The van der Waals surface area contributed by atoms with Crippen molar-refractivity contribution in [2.45, 2.75) is 33.2 Å². The highest BCUT2D eigenvalue weighted by Crippen LogP contribution is 2.10. The molecule has 0 saturated heterocycles. The molecule has 1 aromatic rings. The second-order valence-corrected chi connectivity index (χ2v) is 5.20. The van der Waals surface area contributed by atoms with Crippen molar-refractivity contribution in [1.82, 2.24) is 15.2 Å². The molecule has 0 aliphatic rings. The number of carbonyl (C=O) groups excluding carboxylic acids is 1. The monoisotopic (exact) mass is 283 g/mol. The van der Waals surface area contributed by atoms with Crippen molar-refractivity contribution in [2.24, 2.45) is 0 Å². The molecule has 0 saturated carbocycles. The van der Waals surface area contributed by atoms with Crippen LogP contribution < -0.4 is 5.32 Å². The van der Waals surface area contributed by atoms with Gasteiger partial charge in [-0.2, -0.15) is 0 Å². The molecule has 4 nitrogen and oxygen atoms in total. The molecule has 5 heteroatoms. The Bertz CT molecular complexity index is 416. The lowest BCUT2D eigenvalue weighted by atomic mass is 10.2. The van der Waals surface area contributed by atoms with Gasteiger partial charge in [0.2, 0.25) is 0 Å². The minimum atomic E-state index is -0.107. The molecular formula is C14H22ClN3O. The average molecular weight is 284 g/mol. The smallest absolute Gasteiger partial charge is 0.251 e. The van der Waals surface area contributed by atoms with Crippen LogP contribution in [0.3, 0.4) is 0 Å². The van der Waals surface area contributed by atoms with Gasteiger partial charge in [0.15, 0.2) is 0 Å². The lowest BCUT2D eigenvalue weighted by Gasteiger charge is -2.23. The first kappa shape index (κ1) is 15.9. The molecule has 0 aliphatic carbocycles. The summed E-state index contributed by atoms with van der Waals surface area (Å²) in [6, 6.07) is 3.84. The Hall–Kier alpha value is -1.13. The van der Waals surface area contributed by atoms with Gasteiger partial charge in [0, 0.05) is 30.4 Å². The van der Waals surface area contributed by atoms with Crippen LogP contribution in [0.1, 0.15) is 36.3 Å². The number of aromatic nitrogens is 1. The third-order valence-electron chi connectivity index (χ3n) is 3.28. The first-order valence-corrected chi connectivity index (χ1v) is 6.94. The summed E-state index contributed by atoms with van der Waals surface area (Å²) < 4.78 is 0. The fourth-order valence-electron chi connectivity index (χ4n) is 1.74. The number of aryl methyl sites for hydroxylation is 1. The van der Waals surface area contributed by atoms with Gasteiger partial charge in [-0.05, 0) is 39.4 Å². The van der Waals surface area contributed by atoms with Crippen molar-refractivity contribution < 1.29 is 4.79 Å². The second kappa shape index (κ2) is 7.46. The minimum Gasteiger partial charge on any atom is -0.351 e. The second-order valence-electron chi connectivity index (χ2n) is 4.81. The fraction of sp³-hybridized carbons (Fsp3) is 0.571. The number of halogens is 1. The molecule has 1 heterocycles. The van der Waals surface area contributed by atoms with E-state index in [2.05, 4.69) is 36.1 Å². The number of hydrogen-bond donors (Lipinski definition) is 1. The van der Waals surface area contributed by atoms with Crippen LogP contribution in [0, 0.1) is 6.92 Å². The van der Waals surface area contributed by atoms with E-state index in [9.17, 15) is 4.79 Å². The maximum Gasteiger partial charge on any atom is 0.251 e. The van der Waals surface area contributed by atoms with Gasteiger partial charge in [0.25, 0.3) is 5.91 Å². The van der Waals surface area contributed by atoms with E-state index in [0.717, 1.165) is 18.7 Å².